The lowest BCUT2D eigenvalue weighted by Crippen LogP contribution is -2.07. The molecular formula is C21H17N3O2S2. The van der Waals surface area contributed by atoms with Crippen LogP contribution < -0.4 is 0 Å². The molecule has 0 saturated carbocycles. The van der Waals surface area contributed by atoms with Crippen molar-refractivity contribution < 1.29 is 9.53 Å². The molecule has 0 aliphatic heterocycles. The Kier molecular flexibility index (Phi) is 5.64. The van der Waals surface area contributed by atoms with Gasteiger partial charge < -0.3 is 4.74 Å². The van der Waals surface area contributed by atoms with E-state index in [-0.39, 0.29) is 18.3 Å². The molecule has 2 heterocycles. The van der Waals surface area contributed by atoms with E-state index < -0.39 is 0 Å². The van der Waals surface area contributed by atoms with Crippen LogP contribution >= 0.6 is 23.1 Å². The summed E-state index contributed by atoms with van der Waals surface area (Å²) in [6.45, 7) is 2.23. The van der Waals surface area contributed by atoms with Gasteiger partial charge in [0, 0.05) is 10.9 Å². The van der Waals surface area contributed by atoms with Crippen LogP contribution in [0.5, 0.6) is 0 Å². The van der Waals surface area contributed by atoms with Crippen LogP contribution in [0.1, 0.15) is 11.3 Å². The minimum atomic E-state index is -0.301. The van der Waals surface area contributed by atoms with Gasteiger partial charge >= 0.3 is 5.97 Å². The number of hydrogen-bond donors (Lipinski definition) is 0. The summed E-state index contributed by atoms with van der Waals surface area (Å²) >= 11 is 2.86. The van der Waals surface area contributed by atoms with Crippen LogP contribution in [-0.4, -0.2) is 26.7 Å². The highest BCUT2D eigenvalue weighted by molar-refractivity contribution is 7.99. The molecule has 0 radical (unpaired) electrons. The fourth-order valence-electron chi connectivity index (χ4n) is 2.54. The molecule has 0 amide bonds. The molecule has 2 aromatic heterocycles. The maximum absolute atomic E-state index is 12.1. The van der Waals surface area contributed by atoms with Crippen LogP contribution in [0.2, 0.25) is 0 Å². The quantitative estimate of drug-likeness (QED) is 0.335. The molecule has 0 N–H and O–H groups in total. The first kappa shape index (κ1) is 18.6. The number of thiazole rings is 1. The second-order valence-corrected chi connectivity index (χ2v) is 8.01. The maximum Gasteiger partial charge on any atom is 0.316 e. The molecule has 28 heavy (non-hydrogen) atoms. The Balaban J connectivity index is 1.30. The van der Waals surface area contributed by atoms with Crippen molar-refractivity contribution in [3.63, 3.8) is 0 Å². The SMILES string of the molecule is Cc1ccc(-c2nc(COC(=O)CSc3cnc4ccccc4n3)cs2)cc1. The Morgan fingerprint density at radius 3 is 2.68 bits per heavy atom. The minimum Gasteiger partial charge on any atom is -0.459 e. The van der Waals surface area contributed by atoms with Crippen molar-refractivity contribution in [1.82, 2.24) is 15.0 Å². The third kappa shape index (κ3) is 4.55. The van der Waals surface area contributed by atoms with Gasteiger partial charge in [0.15, 0.2) is 0 Å². The Morgan fingerprint density at radius 2 is 1.86 bits per heavy atom. The first-order valence-corrected chi connectivity index (χ1v) is 10.6. The fraction of sp³-hybridized carbons (Fsp3) is 0.143. The molecule has 7 heteroatoms. The van der Waals surface area contributed by atoms with E-state index in [2.05, 4.69) is 34.0 Å². The number of rotatable bonds is 6. The lowest BCUT2D eigenvalue weighted by atomic mass is 10.2. The number of fused-ring (bicyclic) bond motifs is 1. The standard InChI is InChI=1S/C21H17N3O2S2/c1-14-6-8-15(9-7-14)21-23-16(12-28-21)11-26-20(25)13-27-19-10-22-17-4-2-3-5-18(17)24-19/h2-10,12H,11,13H2,1H3. The van der Waals surface area contributed by atoms with Gasteiger partial charge in [-0.1, -0.05) is 53.7 Å². The average Bonchev–Trinajstić information content (AvgIpc) is 3.20. The van der Waals surface area contributed by atoms with Gasteiger partial charge in [-0.15, -0.1) is 11.3 Å². The summed E-state index contributed by atoms with van der Waals surface area (Å²) in [7, 11) is 0. The molecule has 0 fully saturated rings. The number of carbonyl (C=O) groups excluding carboxylic acids is 1. The first-order valence-electron chi connectivity index (χ1n) is 8.69. The zero-order chi connectivity index (χ0) is 19.3. The number of aromatic nitrogens is 3. The summed E-state index contributed by atoms with van der Waals surface area (Å²) in [5.41, 5.74) is 4.68. The average molecular weight is 408 g/mol. The topological polar surface area (TPSA) is 65.0 Å². The molecule has 140 valence electrons. The van der Waals surface area contributed by atoms with Crippen LogP contribution in [0, 0.1) is 6.92 Å². The highest BCUT2D eigenvalue weighted by atomic mass is 32.2. The summed E-state index contributed by atoms with van der Waals surface area (Å²) < 4.78 is 5.34. The lowest BCUT2D eigenvalue weighted by Gasteiger charge is -2.03. The molecule has 0 saturated heterocycles. The second-order valence-electron chi connectivity index (χ2n) is 6.16. The van der Waals surface area contributed by atoms with E-state index in [1.54, 1.807) is 17.5 Å². The third-order valence-corrected chi connectivity index (χ3v) is 5.81. The van der Waals surface area contributed by atoms with Crippen molar-refractivity contribution in [1.29, 1.82) is 0 Å². The minimum absolute atomic E-state index is 0.172. The molecule has 0 spiro atoms. The van der Waals surface area contributed by atoms with Crippen molar-refractivity contribution in [2.45, 2.75) is 18.6 Å². The van der Waals surface area contributed by atoms with E-state index in [0.717, 1.165) is 27.3 Å². The number of ether oxygens (including phenoxy) is 1. The summed E-state index contributed by atoms with van der Waals surface area (Å²) in [5, 5.41) is 3.54. The van der Waals surface area contributed by atoms with Crippen LogP contribution in [0.15, 0.2) is 65.1 Å². The van der Waals surface area contributed by atoms with E-state index in [4.69, 9.17) is 4.74 Å². The number of para-hydroxylation sites is 2. The van der Waals surface area contributed by atoms with Crippen LogP contribution in [-0.2, 0) is 16.1 Å². The number of benzene rings is 2. The van der Waals surface area contributed by atoms with E-state index in [1.165, 1.54) is 17.3 Å². The highest BCUT2D eigenvalue weighted by Gasteiger charge is 2.10. The number of nitrogens with zero attached hydrogens (tertiary/aromatic N) is 3. The molecular weight excluding hydrogens is 390 g/mol. The summed E-state index contributed by atoms with van der Waals surface area (Å²) in [4.78, 5) is 25.4. The number of thioether (sulfide) groups is 1. The summed E-state index contributed by atoms with van der Waals surface area (Å²) in [6.07, 6.45) is 1.68. The van der Waals surface area contributed by atoms with E-state index in [1.807, 2.05) is 41.8 Å². The van der Waals surface area contributed by atoms with Crippen molar-refractivity contribution >= 4 is 40.1 Å². The van der Waals surface area contributed by atoms with Crippen molar-refractivity contribution in [3.05, 3.63) is 71.4 Å². The normalized spacial score (nSPS) is 10.9. The predicted molar refractivity (Wildman–Crippen MR) is 112 cm³/mol. The maximum atomic E-state index is 12.1. The van der Waals surface area contributed by atoms with Crippen molar-refractivity contribution in [2.75, 3.05) is 5.75 Å². The third-order valence-electron chi connectivity index (χ3n) is 4.00. The van der Waals surface area contributed by atoms with Crippen LogP contribution in [0.3, 0.4) is 0 Å². The first-order chi connectivity index (χ1) is 13.7. The Morgan fingerprint density at radius 1 is 1.07 bits per heavy atom. The molecule has 2 aromatic carbocycles. The Bertz CT molecular complexity index is 1110. The molecule has 5 nitrogen and oxygen atoms in total. The number of aryl methyl sites for hydroxylation is 1. The zero-order valence-electron chi connectivity index (χ0n) is 15.2. The molecule has 0 aliphatic carbocycles. The van der Waals surface area contributed by atoms with Crippen LogP contribution in [0.25, 0.3) is 21.6 Å². The van der Waals surface area contributed by atoms with Crippen molar-refractivity contribution in [2.24, 2.45) is 0 Å². The molecule has 0 bridgehead atoms. The van der Waals surface area contributed by atoms with Gasteiger partial charge in [-0.3, -0.25) is 9.78 Å². The molecule has 0 unspecified atom stereocenters. The monoisotopic (exact) mass is 407 g/mol. The molecule has 0 aliphatic rings. The number of carbonyl (C=O) groups is 1. The van der Waals surface area contributed by atoms with Gasteiger partial charge in [0.05, 0.1) is 28.7 Å². The van der Waals surface area contributed by atoms with E-state index in [0.29, 0.717) is 5.03 Å². The number of hydrogen-bond acceptors (Lipinski definition) is 7. The summed E-state index contributed by atoms with van der Waals surface area (Å²) in [6, 6.07) is 15.9. The van der Waals surface area contributed by atoms with Crippen molar-refractivity contribution in [3.8, 4) is 10.6 Å². The van der Waals surface area contributed by atoms with E-state index >= 15 is 0 Å². The largest absolute Gasteiger partial charge is 0.459 e. The van der Waals surface area contributed by atoms with Gasteiger partial charge in [-0.2, -0.15) is 0 Å². The summed E-state index contributed by atoms with van der Waals surface area (Å²) in [5.74, 6) is -0.119. The lowest BCUT2D eigenvalue weighted by molar-refractivity contribution is -0.141. The number of esters is 1. The zero-order valence-corrected chi connectivity index (χ0v) is 16.8. The molecule has 4 aromatic rings. The fourth-order valence-corrected chi connectivity index (χ4v) is 3.99. The smallest absolute Gasteiger partial charge is 0.316 e. The van der Waals surface area contributed by atoms with Crippen LogP contribution in [0.4, 0.5) is 0 Å². The van der Waals surface area contributed by atoms with Gasteiger partial charge in [-0.25, -0.2) is 9.97 Å². The Labute approximate surface area is 170 Å². The molecule has 0 atom stereocenters. The highest BCUT2D eigenvalue weighted by Crippen LogP contribution is 2.24. The molecule has 4 rings (SSSR count). The van der Waals surface area contributed by atoms with Gasteiger partial charge in [0.2, 0.25) is 0 Å². The predicted octanol–water partition coefficient (Wildman–Crippen LogP) is 4.90. The van der Waals surface area contributed by atoms with Gasteiger partial charge in [0.1, 0.15) is 16.6 Å². The second kappa shape index (κ2) is 8.50. The van der Waals surface area contributed by atoms with Gasteiger partial charge in [-0.05, 0) is 19.1 Å². The van der Waals surface area contributed by atoms with E-state index in [9.17, 15) is 4.79 Å². The van der Waals surface area contributed by atoms with Gasteiger partial charge in [0.25, 0.3) is 0 Å². The Hall–Kier alpha value is -2.77.